The van der Waals surface area contributed by atoms with Crippen LogP contribution in [0.2, 0.25) is 0 Å². The Kier molecular flexibility index (Phi) is 5.38. The highest BCUT2D eigenvalue weighted by Gasteiger charge is 2.35. The summed E-state index contributed by atoms with van der Waals surface area (Å²) in [7, 11) is 0. The van der Waals surface area contributed by atoms with Crippen molar-refractivity contribution < 1.29 is 14.0 Å². The Hall–Kier alpha value is -3.09. The zero-order valence-electron chi connectivity index (χ0n) is 16.6. The number of benzene rings is 1. The third-order valence-corrected chi connectivity index (χ3v) is 5.75. The molecule has 1 aromatic carbocycles. The molecule has 3 aromatic rings. The topological polar surface area (TPSA) is 100 Å². The van der Waals surface area contributed by atoms with E-state index in [4.69, 9.17) is 4.42 Å². The van der Waals surface area contributed by atoms with E-state index >= 15 is 0 Å². The van der Waals surface area contributed by atoms with Crippen molar-refractivity contribution in [2.45, 2.75) is 51.0 Å². The quantitative estimate of drug-likeness (QED) is 0.595. The summed E-state index contributed by atoms with van der Waals surface area (Å²) in [6.45, 7) is 2.38. The summed E-state index contributed by atoms with van der Waals surface area (Å²) in [5, 5.41) is 13.9. The van der Waals surface area contributed by atoms with Crippen molar-refractivity contribution in [2.75, 3.05) is 6.54 Å². The van der Waals surface area contributed by atoms with Crippen molar-refractivity contribution >= 4 is 22.8 Å². The Balaban J connectivity index is 1.49. The lowest BCUT2D eigenvalue weighted by Gasteiger charge is -2.38. The van der Waals surface area contributed by atoms with Crippen LogP contribution in [0.15, 0.2) is 41.0 Å². The first-order valence-corrected chi connectivity index (χ1v) is 10.2. The summed E-state index contributed by atoms with van der Waals surface area (Å²) in [6, 6.07) is 9.26. The van der Waals surface area contributed by atoms with E-state index in [1.54, 1.807) is 6.07 Å². The van der Waals surface area contributed by atoms with Gasteiger partial charge in [-0.3, -0.25) is 14.7 Å². The monoisotopic (exact) mass is 394 g/mol. The summed E-state index contributed by atoms with van der Waals surface area (Å²) >= 11 is 0. The fourth-order valence-electron chi connectivity index (χ4n) is 4.04. The van der Waals surface area contributed by atoms with Crippen molar-refractivity contribution in [3.8, 4) is 0 Å². The van der Waals surface area contributed by atoms with Crippen LogP contribution in [0.3, 0.4) is 0 Å². The number of aryl methyl sites for hydroxylation is 1. The van der Waals surface area contributed by atoms with Gasteiger partial charge in [0.05, 0.1) is 11.1 Å². The van der Waals surface area contributed by atoms with Gasteiger partial charge in [-0.25, -0.2) is 0 Å². The van der Waals surface area contributed by atoms with Crippen LogP contribution >= 0.6 is 0 Å². The molecule has 7 heteroatoms. The standard InChI is InChI=1S/C22H26N4O3/c1-2-15-12-18(26-25-15)21(28)23-14-22(10-6-3-7-11-22)24-20(27)17-13-29-19-9-5-4-8-16(17)19/h4-5,8-9,12-13H,2-3,6-7,10-11,14H2,1H3,(H,23,28)(H,24,27)(H,25,26). The Morgan fingerprint density at radius 1 is 1.17 bits per heavy atom. The molecule has 29 heavy (non-hydrogen) atoms. The molecule has 4 rings (SSSR count). The third kappa shape index (κ3) is 4.04. The third-order valence-electron chi connectivity index (χ3n) is 5.75. The molecule has 1 aliphatic carbocycles. The summed E-state index contributed by atoms with van der Waals surface area (Å²) in [5.41, 5.74) is 2.04. The predicted molar refractivity (Wildman–Crippen MR) is 110 cm³/mol. The molecular weight excluding hydrogens is 368 g/mol. The molecule has 0 spiro atoms. The minimum absolute atomic E-state index is 0.167. The van der Waals surface area contributed by atoms with E-state index in [0.717, 1.165) is 49.6 Å². The summed E-state index contributed by atoms with van der Waals surface area (Å²) in [6.07, 6.45) is 7.13. The van der Waals surface area contributed by atoms with Crippen molar-refractivity contribution in [3.05, 3.63) is 53.5 Å². The molecule has 0 saturated heterocycles. The number of nitrogens with one attached hydrogen (secondary N) is 3. The lowest BCUT2D eigenvalue weighted by atomic mass is 9.81. The zero-order chi connectivity index (χ0) is 20.3. The van der Waals surface area contributed by atoms with Crippen LogP contribution in [0.4, 0.5) is 0 Å². The molecular formula is C22H26N4O3. The van der Waals surface area contributed by atoms with E-state index < -0.39 is 5.54 Å². The van der Waals surface area contributed by atoms with E-state index in [9.17, 15) is 9.59 Å². The summed E-state index contributed by atoms with van der Waals surface area (Å²) in [4.78, 5) is 25.6. The van der Waals surface area contributed by atoms with Gasteiger partial charge in [0.2, 0.25) is 0 Å². The van der Waals surface area contributed by atoms with Gasteiger partial charge in [0.15, 0.2) is 0 Å². The Bertz CT molecular complexity index is 1010. The van der Waals surface area contributed by atoms with Gasteiger partial charge in [-0.05, 0) is 31.4 Å². The van der Waals surface area contributed by atoms with E-state index in [-0.39, 0.29) is 11.8 Å². The van der Waals surface area contributed by atoms with Crippen molar-refractivity contribution in [2.24, 2.45) is 0 Å². The van der Waals surface area contributed by atoms with Crippen LogP contribution in [0.25, 0.3) is 11.0 Å². The first-order valence-electron chi connectivity index (χ1n) is 10.2. The second kappa shape index (κ2) is 8.11. The van der Waals surface area contributed by atoms with Crippen molar-refractivity contribution in [1.29, 1.82) is 0 Å². The predicted octanol–water partition coefficient (Wildman–Crippen LogP) is 3.58. The molecule has 1 saturated carbocycles. The minimum atomic E-state index is -0.465. The smallest absolute Gasteiger partial charge is 0.271 e. The van der Waals surface area contributed by atoms with Crippen LogP contribution in [0.5, 0.6) is 0 Å². The lowest BCUT2D eigenvalue weighted by Crippen LogP contribution is -2.56. The largest absolute Gasteiger partial charge is 0.463 e. The molecule has 1 fully saturated rings. The highest BCUT2D eigenvalue weighted by atomic mass is 16.3. The van der Waals surface area contributed by atoms with Gasteiger partial charge in [0.25, 0.3) is 11.8 Å². The number of rotatable bonds is 6. The number of aromatic amines is 1. The van der Waals surface area contributed by atoms with Gasteiger partial charge in [0.1, 0.15) is 17.5 Å². The first-order chi connectivity index (χ1) is 14.1. The lowest BCUT2D eigenvalue weighted by molar-refractivity contribution is 0.0832. The second-order valence-corrected chi connectivity index (χ2v) is 7.76. The van der Waals surface area contributed by atoms with Crippen LogP contribution in [-0.2, 0) is 6.42 Å². The number of amides is 2. The number of aromatic nitrogens is 2. The average Bonchev–Trinajstić information content (AvgIpc) is 3.40. The highest BCUT2D eigenvalue weighted by Crippen LogP contribution is 2.29. The number of hydrogen-bond donors (Lipinski definition) is 3. The molecule has 7 nitrogen and oxygen atoms in total. The molecule has 2 aromatic heterocycles. The van der Waals surface area contributed by atoms with Crippen LogP contribution in [0, 0.1) is 0 Å². The van der Waals surface area contributed by atoms with Gasteiger partial charge in [-0.2, -0.15) is 5.10 Å². The Labute approximate surface area is 169 Å². The molecule has 152 valence electrons. The zero-order valence-corrected chi connectivity index (χ0v) is 16.6. The van der Waals surface area contributed by atoms with Crippen molar-refractivity contribution in [1.82, 2.24) is 20.8 Å². The van der Waals surface area contributed by atoms with Gasteiger partial charge in [0, 0.05) is 17.6 Å². The number of H-pyrrole nitrogens is 1. The fourth-order valence-corrected chi connectivity index (χ4v) is 4.04. The number of para-hydroxylation sites is 1. The molecule has 0 bridgehead atoms. The van der Waals surface area contributed by atoms with Gasteiger partial charge in [-0.1, -0.05) is 44.4 Å². The van der Waals surface area contributed by atoms with Gasteiger partial charge < -0.3 is 15.1 Å². The maximum atomic E-state index is 13.0. The Morgan fingerprint density at radius 3 is 2.72 bits per heavy atom. The van der Waals surface area contributed by atoms with E-state index in [1.165, 1.54) is 6.26 Å². The maximum Gasteiger partial charge on any atom is 0.271 e. The number of furan rings is 1. The van der Waals surface area contributed by atoms with Crippen LogP contribution in [-0.4, -0.2) is 34.1 Å². The fraction of sp³-hybridized carbons (Fsp3) is 0.409. The number of fused-ring (bicyclic) bond motifs is 1. The molecule has 0 unspecified atom stereocenters. The van der Waals surface area contributed by atoms with Crippen LogP contribution < -0.4 is 10.6 Å². The molecule has 0 radical (unpaired) electrons. The van der Waals surface area contributed by atoms with Crippen molar-refractivity contribution in [3.63, 3.8) is 0 Å². The Morgan fingerprint density at radius 2 is 1.97 bits per heavy atom. The normalized spacial score (nSPS) is 15.9. The van der Waals surface area contributed by atoms with E-state index in [0.29, 0.717) is 23.4 Å². The van der Waals surface area contributed by atoms with Gasteiger partial charge in [-0.15, -0.1) is 0 Å². The number of hydrogen-bond acceptors (Lipinski definition) is 4. The molecule has 1 aliphatic rings. The number of nitrogens with zero attached hydrogens (tertiary/aromatic N) is 1. The first kappa shape index (κ1) is 19.2. The summed E-state index contributed by atoms with van der Waals surface area (Å²) < 4.78 is 5.52. The van der Waals surface area contributed by atoms with E-state index in [2.05, 4.69) is 20.8 Å². The summed E-state index contributed by atoms with van der Waals surface area (Å²) in [5.74, 6) is -0.395. The molecule has 0 aliphatic heterocycles. The molecule has 2 amide bonds. The second-order valence-electron chi connectivity index (χ2n) is 7.76. The number of carbonyl (C=O) groups excluding carboxylic acids is 2. The maximum absolute atomic E-state index is 13.0. The molecule has 0 atom stereocenters. The molecule has 3 N–H and O–H groups in total. The van der Waals surface area contributed by atoms with E-state index in [1.807, 2.05) is 31.2 Å². The number of carbonyl (C=O) groups is 2. The minimum Gasteiger partial charge on any atom is -0.463 e. The average molecular weight is 394 g/mol. The van der Waals surface area contributed by atoms with Gasteiger partial charge >= 0.3 is 0 Å². The molecule has 2 heterocycles. The highest BCUT2D eigenvalue weighted by molar-refractivity contribution is 6.06. The van der Waals surface area contributed by atoms with Crippen LogP contribution in [0.1, 0.15) is 65.6 Å². The SMILES string of the molecule is CCc1cc(C(=O)NCC2(NC(=O)c3coc4ccccc34)CCCCC2)n[nH]1.